The molecule has 1 heterocycles. The lowest BCUT2D eigenvalue weighted by Gasteiger charge is -2.18. The van der Waals surface area contributed by atoms with E-state index in [1.807, 2.05) is 6.26 Å². The van der Waals surface area contributed by atoms with Gasteiger partial charge in [-0.3, -0.25) is 9.59 Å². The zero-order valence-electron chi connectivity index (χ0n) is 16.7. The van der Waals surface area contributed by atoms with Crippen molar-refractivity contribution in [2.75, 3.05) is 25.7 Å². The van der Waals surface area contributed by atoms with Gasteiger partial charge in [0.15, 0.2) is 17.3 Å². The van der Waals surface area contributed by atoms with E-state index in [4.69, 9.17) is 9.15 Å². The molecule has 0 radical (unpaired) electrons. The van der Waals surface area contributed by atoms with Crippen molar-refractivity contribution in [3.8, 4) is 11.5 Å². The van der Waals surface area contributed by atoms with Crippen molar-refractivity contribution in [1.29, 1.82) is 0 Å². The van der Waals surface area contributed by atoms with Gasteiger partial charge >= 0.3 is 6.61 Å². The van der Waals surface area contributed by atoms with Crippen LogP contribution in [0, 0.1) is 0 Å². The third kappa shape index (κ3) is 7.25. The van der Waals surface area contributed by atoms with Gasteiger partial charge in [-0.2, -0.15) is 20.5 Å². The molecule has 0 unspecified atom stereocenters. The average molecular weight is 442 g/mol. The van der Waals surface area contributed by atoms with Crippen LogP contribution in [0.1, 0.15) is 22.5 Å². The van der Waals surface area contributed by atoms with Gasteiger partial charge in [0, 0.05) is 6.54 Å². The molecule has 0 aliphatic rings. The highest BCUT2D eigenvalue weighted by Gasteiger charge is 2.22. The molecule has 10 heteroatoms. The summed E-state index contributed by atoms with van der Waals surface area (Å²) in [6, 6.07) is 7.01. The number of furan rings is 1. The van der Waals surface area contributed by atoms with Gasteiger partial charge in [0.05, 0.1) is 13.4 Å². The summed E-state index contributed by atoms with van der Waals surface area (Å²) in [5.74, 6) is 0.185. The lowest BCUT2D eigenvalue weighted by Crippen LogP contribution is -2.47. The first-order chi connectivity index (χ1) is 14.4. The maximum Gasteiger partial charge on any atom is 0.387 e. The fourth-order valence-electron chi connectivity index (χ4n) is 2.66. The first-order valence-electron chi connectivity index (χ1n) is 9.17. The monoisotopic (exact) mass is 442 g/mol. The molecular weight excluding hydrogens is 418 g/mol. The number of ether oxygens (including phenoxy) is 2. The molecule has 2 aromatic rings. The number of hydrogen-bond acceptors (Lipinski definition) is 6. The molecule has 7 nitrogen and oxygen atoms in total. The predicted octanol–water partition coefficient (Wildman–Crippen LogP) is 3.10. The van der Waals surface area contributed by atoms with Crippen LogP contribution in [-0.4, -0.2) is 50.1 Å². The van der Waals surface area contributed by atoms with Gasteiger partial charge in [-0.25, -0.2) is 0 Å². The molecule has 1 aromatic heterocycles. The molecule has 0 saturated heterocycles. The standard InChI is InChI=1S/C20H24F2N2O5S/c1-27-17-12-13(5-6-15(17)29-20(21)22)7-9-23-18(25)14(8-11-30-2)24-19(26)16-4-3-10-28-16/h3-6,10,12,14,20H,7-9,11H2,1-2H3,(H,23,25)(H,24,26)/t14-/m1/s1. The molecule has 164 valence electrons. The van der Waals surface area contributed by atoms with E-state index in [2.05, 4.69) is 15.4 Å². The van der Waals surface area contributed by atoms with Gasteiger partial charge in [-0.05, 0) is 54.7 Å². The maximum absolute atomic E-state index is 12.5. The lowest BCUT2D eigenvalue weighted by molar-refractivity contribution is -0.123. The van der Waals surface area contributed by atoms with Crippen molar-refractivity contribution >= 4 is 23.6 Å². The Hall–Kier alpha value is -2.75. The van der Waals surface area contributed by atoms with Crippen LogP contribution in [0.5, 0.6) is 11.5 Å². The fourth-order valence-corrected chi connectivity index (χ4v) is 3.13. The third-order valence-corrected chi connectivity index (χ3v) is 4.78. The number of amides is 2. The van der Waals surface area contributed by atoms with Gasteiger partial charge < -0.3 is 24.5 Å². The summed E-state index contributed by atoms with van der Waals surface area (Å²) in [6.45, 7) is -2.65. The van der Waals surface area contributed by atoms with Gasteiger partial charge in [0.25, 0.3) is 5.91 Å². The summed E-state index contributed by atoms with van der Waals surface area (Å²) in [6.07, 6.45) is 4.21. The molecule has 2 rings (SSSR count). The van der Waals surface area contributed by atoms with Crippen molar-refractivity contribution in [2.45, 2.75) is 25.5 Å². The fraction of sp³-hybridized carbons (Fsp3) is 0.400. The molecule has 1 atom stereocenters. The number of methoxy groups -OCH3 is 1. The zero-order chi connectivity index (χ0) is 21.9. The van der Waals surface area contributed by atoms with Crippen LogP contribution >= 0.6 is 11.8 Å². The normalized spacial score (nSPS) is 11.8. The molecule has 1 aromatic carbocycles. The molecular formula is C20H24F2N2O5S. The third-order valence-electron chi connectivity index (χ3n) is 4.13. The Labute approximate surface area is 177 Å². The van der Waals surface area contributed by atoms with Crippen LogP contribution in [0.25, 0.3) is 0 Å². The number of halogens is 2. The molecule has 0 bridgehead atoms. The number of benzene rings is 1. The largest absolute Gasteiger partial charge is 0.493 e. The molecule has 0 spiro atoms. The first-order valence-corrected chi connectivity index (χ1v) is 10.6. The second kappa shape index (κ2) is 12.1. The van der Waals surface area contributed by atoms with Crippen LogP contribution in [0.3, 0.4) is 0 Å². The minimum absolute atomic E-state index is 0.0574. The summed E-state index contributed by atoms with van der Waals surface area (Å²) in [5.41, 5.74) is 0.772. The topological polar surface area (TPSA) is 89.8 Å². The van der Waals surface area contributed by atoms with Crippen LogP contribution in [0.4, 0.5) is 8.78 Å². The molecule has 2 amide bonds. The second-order valence-electron chi connectivity index (χ2n) is 6.19. The molecule has 0 aliphatic carbocycles. The van der Waals surface area contributed by atoms with Gasteiger partial charge in [0.2, 0.25) is 5.91 Å². The second-order valence-corrected chi connectivity index (χ2v) is 7.18. The first kappa shape index (κ1) is 23.5. The summed E-state index contributed by atoms with van der Waals surface area (Å²) >= 11 is 1.57. The minimum Gasteiger partial charge on any atom is -0.493 e. The van der Waals surface area contributed by atoms with Crippen molar-refractivity contribution in [2.24, 2.45) is 0 Å². The lowest BCUT2D eigenvalue weighted by atomic mass is 10.1. The number of hydrogen-bond donors (Lipinski definition) is 2. The Kier molecular flexibility index (Phi) is 9.46. The van der Waals surface area contributed by atoms with Gasteiger partial charge in [-0.15, -0.1) is 0 Å². The highest BCUT2D eigenvalue weighted by Crippen LogP contribution is 2.29. The van der Waals surface area contributed by atoms with E-state index in [1.165, 1.54) is 25.5 Å². The summed E-state index contributed by atoms with van der Waals surface area (Å²) in [5, 5.41) is 5.47. The summed E-state index contributed by atoms with van der Waals surface area (Å²) < 4.78 is 39.3. The maximum atomic E-state index is 12.5. The molecule has 2 N–H and O–H groups in total. The Bertz CT molecular complexity index is 818. The smallest absolute Gasteiger partial charge is 0.387 e. The summed E-state index contributed by atoms with van der Waals surface area (Å²) in [7, 11) is 1.36. The van der Waals surface area contributed by atoms with Gasteiger partial charge in [-0.1, -0.05) is 6.07 Å². The van der Waals surface area contributed by atoms with Crippen molar-refractivity contribution < 1.29 is 32.3 Å². The highest BCUT2D eigenvalue weighted by atomic mass is 32.2. The van der Waals surface area contributed by atoms with Gasteiger partial charge in [0.1, 0.15) is 6.04 Å². The number of alkyl halides is 2. The molecule has 0 saturated carbocycles. The molecule has 30 heavy (non-hydrogen) atoms. The van der Waals surface area contributed by atoms with E-state index in [0.29, 0.717) is 25.1 Å². The van der Waals surface area contributed by atoms with E-state index in [1.54, 1.807) is 30.0 Å². The van der Waals surface area contributed by atoms with Crippen LogP contribution in [-0.2, 0) is 11.2 Å². The SMILES string of the molecule is COc1cc(CCNC(=O)[C@@H](CCSC)NC(=O)c2ccco2)ccc1OC(F)F. The highest BCUT2D eigenvalue weighted by molar-refractivity contribution is 7.98. The minimum atomic E-state index is -2.95. The Morgan fingerprint density at radius 1 is 1.23 bits per heavy atom. The number of carbonyl (C=O) groups excluding carboxylic acids is 2. The number of carbonyl (C=O) groups is 2. The quantitative estimate of drug-likeness (QED) is 0.525. The molecule has 0 fully saturated rings. The molecule has 0 aliphatic heterocycles. The van der Waals surface area contributed by atoms with E-state index in [0.717, 1.165) is 5.56 Å². The number of nitrogens with one attached hydrogen (secondary N) is 2. The van der Waals surface area contributed by atoms with Crippen LogP contribution < -0.4 is 20.1 Å². The number of thioether (sulfide) groups is 1. The Morgan fingerprint density at radius 3 is 2.67 bits per heavy atom. The van der Waals surface area contributed by atoms with Crippen molar-refractivity contribution in [3.63, 3.8) is 0 Å². The zero-order valence-corrected chi connectivity index (χ0v) is 17.5. The summed E-state index contributed by atoms with van der Waals surface area (Å²) in [4.78, 5) is 24.7. The van der Waals surface area contributed by atoms with E-state index in [9.17, 15) is 18.4 Å². The number of rotatable bonds is 12. The van der Waals surface area contributed by atoms with Crippen molar-refractivity contribution in [1.82, 2.24) is 10.6 Å². The Morgan fingerprint density at radius 2 is 2.03 bits per heavy atom. The van der Waals surface area contributed by atoms with Crippen LogP contribution in [0.2, 0.25) is 0 Å². The van der Waals surface area contributed by atoms with Crippen molar-refractivity contribution in [3.05, 3.63) is 47.9 Å². The van der Waals surface area contributed by atoms with Crippen LogP contribution in [0.15, 0.2) is 41.0 Å². The van der Waals surface area contributed by atoms with E-state index >= 15 is 0 Å². The van der Waals surface area contributed by atoms with E-state index < -0.39 is 18.6 Å². The van der Waals surface area contributed by atoms with E-state index in [-0.39, 0.29) is 23.2 Å². The average Bonchev–Trinajstić information content (AvgIpc) is 3.26. The predicted molar refractivity (Wildman–Crippen MR) is 109 cm³/mol. The Balaban J connectivity index is 1.92.